The molecule has 1 aromatic rings. The molecule has 5 nitrogen and oxygen atoms in total. The lowest BCUT2D eigenvalue weighted by molar-refractivity contribution is -0.122. The number of carbonyl (C=O) groups is 1. The van der Waals surface area contributed by atoms with Crippen LogP contribution in [-0.4, -0.2) is 22.2 Å². The Balaban J connectivity index is 1.74. The van der Waals surface area contributed by atoms with Crippen molar-refractivity contribution in [1.82, 2.24) is 15.1 Å². The number of amides is 1. The molecule has 1 fully saturated rings. The third kappa shape index (κ3) is 3.06. The maximum atomic E-state index is 11.8. The highest BCUT2D eigenvalue weighted by molar-refractivity contribution is 5.82. The van der Waals surface area contributed by atoms with Crippen LogP contribution in [0.2, 0.25) is 0 Å². The number of aromatic nitrogens is 2. The molecule has 1 amide bonds. The highest BCUT2D eigenvalue weighted by atomic mass is 16.2. The van der Waals surface area contributed by atoms with Crippen LogP contribution in [0.25, 0.3) is 0 Å². The Kier molecular flexibility index (Phi) is 3.78. The summed E-state index contributed by atoms with van der Waals surface area (Å²) in [7, 11) is 1.81. The van der Waals surface area contributed by atoms with E-state index in [0.29, 0.717) is 0 Å². The summed E-state index contributed by atoms with van der Waals surface area (Å²) in [6.45, 7) is 0.734. The summed E-state index contributed by atoms with van der Waals surface area (Å²) in [5, 5.41) is 6.90. The van der Waals surface area contributed by atoms with E-state index < -0.39 is 6.04 Å². The molecular formula is C12H20N4O. The van der Waals surface area contributed by atoms with Gasteiger partial charge in [-0.3, -0.25) is 9.48 Å². The third-order valence-electron chi connectivity index (χ3n) is 3.44. The molecule has 1 aliphatic carbocycles. The van der Waals surface area contributed by atoms with E-state index in [1.54, 1.807) is 17.1 Å². The molecule has 0 radical (unpaired) electrons. The van der Waals surface area contributed by atoms with E-state index in [0.717, 1.165) is 24.4 Å². The zero-order valence-electron chi connectivity index (χ0n) is 10.2. The molecule has 0 aromatic carbocycles. The van der Waals surface area contributed by atoms with Crippen molar-refractivity contribution >= 4 is 5.91 Å². The van der Waals surface area contributed by atoms with Gasteiger partial charge in [-0.05, 0) is 12.3 Å². The maximum absolute atomic E-state index is 11.8. The molecule has 1 aromatic heterocycles. The van der Waals surface area contributed by atoms with Crippen molar-refractivity contribution in [2.75, 3.05) is 6.54 Å². The fourth-order valence-electron chi connectivity index (χ4n) is 2.04. The first-order valence-corrected chi connectivity index (χ1v) is 6.18. The minimum Gasteiger partial charge on any atom is -0.354 e. The van der Waals surface area contributed by atoms with Crippen molar-refractivity contribution in [2.24, 2.45) is 18.7 Å². The maximum Gasteiger partial charge on any atom is 0.241 e. The van der Waals surface area contributed by atoms with Crippen LogP contribution >= 0.6 is 0 Å². The molecule has 3 N–H and O–H groups in total. The largest absolute Gasteiger partial charge is 0.354 e. The molecule has 0 aliphatic heterocycles. The lowest BCUT2D eigenvalue weighted by Gasteiger charge is -2.25. The van der Waals surface area contributed by atoms with Gasteiger partial charge >= 0.3 is 0 Å². The summed E-state index contributed by atoms with van der Waals surface area (Å²) in [4.78, 5) is 11.8. The first kappa shape index (κ1) is 12.1. The van der Waals surface area contributed by atoms with Gasteiger partial charge in [-0.2, -0.15) is 5.10 Å². The summed E-state index contributed by atoms with van der Waals surface area (Å²) in [6, 6.07) is -0.606. The molecule has 94 valence electrons. The van der Waals surface area contributed by atoms with E-state index in [9.17, 15) is 4.79 Å². The first-order chi connectivity index (χ1) is 8.16. The summed E-state index contributed by atoms with van der Waals surface area (Å²) in [5.74, 6) is 0.697. The van der Waals surface area contributed by atoms with Gasteiger partial charge in [-0.1, -0.05) is 19.3 Å². The second-order valence-corrected chi connectivity index (χ2v) is 4.80. The molecule has 1 unspecified atom stereocenters. The predicted octanol–water partition coefficient (Wildman–Crippen LogP) is 0.726. The quantitative estimate of drug-likeness (QED) is 0.791. The second kappa shape index (κ2) is 5.31. The average molecular weight is 236 g/mol. The third-order valence-corrected chi connectivity index (χ3v) is 3.44. The van der Waals surface area contributed by atoms with Gasteiger partial charge in [0, 0.05) is 25.4 Å². The smallest absolute Gasteiger partial charge is 0.241 e. The highest BCUT2D eigenvalue weighted by Crippen LogP contribution is 2.28. The molecule has 2 rings (SSSR count). The van der Waals surface area contributed by atoms with Gasteiger partial charge in [-0.25, -0.2) is 0 Å². The monoisotopic (exact) mass is 236 g/mol. The van der Waals surface area contributed by atoms with Crippen LogP contribution in [0.4, 0.5) is 0 Å². The molecule has 5 heteroatoms. The average Bonchev–Trinajstić information content (AvgIpc) is 2.67. The minimum absolute atomic E-state index is 0.114. The van der Waals surface area contributed by atoms with Crippen molar-refractivity contribution in [2.45, 2.75) is 31.7 Å². The van der Waals surface area contributed by atoms with Gasteiger partial charge in [0.25, 0.3) is 0 Å². The van der Waals surface area contributed by atoms with E-state index in [2.05, 4.69) is 10.4 Å². The Morgan fingerprint density at radius 3 is 3.00 bits per heavy atom. The van der Waals surface area contributed by atoms with Gasteiger partial charge in [0.15, 0.2) is 0 Å². The van der Waals surface area contributed by atoms with Crippen LogP contribution in [-0.2, 0) is 11.8 Å². The zero-order chi connectivity index (χ0) is 12.3. The number of nitrogens with one attached hydrogen (secondary N) is 1. The molecule has 1 saturated carbocycles. The summed E-state index contributed by atoms with van der Waals surface area (Å²) < 4.78 is 1.65. The molecule has 17 heavy (non-hydrogen) atoms. The van der Waals surface area contributed by atoms with Crippen molar-refractivity contribution in [3.05, 3.63) is 18.0 Å². The SMILES string of the molecule is Cn1cc(C(N)C(=O)NCCC2CCC2)cn1. The molecule has 0 bridgehead atoms. The molecule has 1 heterocycles. The van der Waals surface area contributed by atoms with Gasteiger partial charge in [-0.15, -0.1) is 0 Å². The standard InChI is InChI=1S/C12H20N4O/c1-16-8-10(7-15-16)11(13)12(17)14-6-5-9-3-2-4-9/h7-9,11H,2-6,13H2,1H3,(H,14,17). The van der Waals surface area contributed by atoms with Crippen molar-refractivity contribution in [3.8, 4) is 0 Å². The van der Waals surface area contributed by atoms with Gasteiger partial charge in [0.1, 0.15) is 6.04 Å². The van der Waals surface area contributed by atoms with E-state index in [1.165, 1.54) is 19.3 Å². The van der Waals surface area contributed by atoms with Crippen LogP contribution in [0.5, 0.6) is 0 Å². The molecule has 1 atom stereocenters. The Bertz CT molecular complexity index is 384. The Labute approximate surface area is 101 Å². The number of hydrogen-bond acceptors (Lipinski definition) is 3. The molecular weight excluding hydrogens is 216 g/mol. The number of hydrogen-bond donors (Lipinski definition) is 2. The number of rotatable bonds is 5. The van der Waals surface area contributed by atoms with E-state index in [1.807, 2.05) is 7.05 Å². The predicted molar refractivity (Wildman–Crippen MR) is 65.1 cm³/mol. The fourth-order valence-corrected chi connectivity index (χ4v) is 2.04. The fraction of sp³-hybridized carbons (Fsp3) is 0.667. The van der Waals surface area contributed by atoms with Crippen LogP contribution in [0.3, 0.4) is 0 Å². The second-order valence-electron chi connectivity index (χ2n) is 4.80. The molecule has 0 spiro atoms. The van der Waals surface area contributed by atoms with Gasteiger partial charge < -0.3 is 11.1 Å². The van der Waals surface area contributed by atoms with Crippen molar-refractivity contribution in [1.29, 1.82) is 0 Å². The van der Waals surface area contributed by atoms with E-state index >= 15 is 0 Å². The lowest BCUT2D eigenvalue weighted by atomic mass is 9.83. The van der Waals surface area contributed by atoms with E-state index in [4.69, 9.17) is 5.73 Å². The Morgan fingerprint density at radius 1 is 1.71 bits per heavy atom. The minimum atomic E-state index is -0.606. The van der Waals surface area contributed by atoms with Crippen LogP contribution in [0, 0.1) is 5.92 Å². The topological polar surface area (TPSA) is 72.9 Å². The number of aryl methyl sites for hydroxylation is 1. The molecule has 1 aliphatic rings. The first-order valence-electron chi connectivity index (χ1n) is 6.18. The Hall–Kier alpha value is -1.36. The van der Waals surface area contributed by atoms with Crippen LogP contribution in [0.1, 0.15) is 37.3 Å². The number of nitrogens with zero attached hydrogens (tertiary/aromatic N) is 2. The van der Waals surface area contributed by atoms with Gasteiger partial charge in [0.05, 0.1) is 6.20 Å². The lowest BCUT2D eigenvalue weighted by Crippen LogP contribution is -2.35. The van der Waals surface area contributed by atoms with Crippen molar-refractivity contribution < 1.29 is 4.79 Å². The number of carbonyl (C=O) groups excluding carboxylic acids is 1. The van der Waals surface area contributed by atoms with Crippen LogP contribution in [0.15, 0.2) is 12.4 Å². The zero-order valence-corrected chi connectivity index (χ0v) is 10.2. The van der Waals surface area contributed by atoms with Gasteiger partial charge in [0.2, 0.25) is 5.91 Å². The van der Waals surface area contributed by atoms with Crippen LogP contribution < -0.4 is 11.1 Å². The number of nitrogens with two attached hydrogens (primary N) is 1. The Morgan fingerprint density at radius 2 is 2.47 bits per heavy atom. The van der Waals surface area contributed by atoms with E-state index in [-0.39, 0.29) is 5.91 Å². The summed E-state index contributed by atoms with van der Waals surface area (Å²) >= 11 is 0. The van der Waals surface area contributed by atoms with Crippen molar-refractivity contribution in [3.63, 3.8) is 0 Å². The summed E-state index contributed by atoms with van der Waals surface area (Å²) in [5.41, 5.74) is 6.61. The molecule has 0 saturated heterocycles. The normalized spacial score (nSPS) is 17.5. The highest BCUT2D eigenvalue weighted by Gasteiger charge is 2.19. The summed E-state index contributed by atoms with van der Waals surface area (Å²) in [6.07, 6.45) is 8.45.